The van der Waals surface area contributed by atoms with Crippen LogP contribution in [0.25, 0.3) is 22.3 Å². The molecule has 0 saturated heterocycles. The van der Waals surface area contributed by atoms with Gasteiger partial charge in [0.2, 0.25) is 0 Å². The Hall–Kier alpha value is -2.79. The zero-order chi connectivity index (χ0) is 17.8. The molecule has 0 fully saturated rings. The van der Waals surface area contributed by atoms with Crippen LogP contribution in [-0.4, -0.2) is 20.7 Å². The third-order valence-electron chi connectivity index (χ3n) is 4.62. The summed E-state index contributed by atoms with van der Waals surface area (Å²) in [6.45, 7) is 0. The van der Waals surface area contributed by atoms with E-state index in [2.05, 4.69) is 27.1 Å². The summed E-state index contributed by atoms with van der Waals surface area (Å²) >= 11 is 1.59. The number of Topliss-reactive ketones (excluding diaryl/α,β-unsaturated/α-hetero) is 1. The molecular weight excluding hydrogens is 342 g/mol. The standard InChI is InChI=1S/C21H19N3OS/c25-17(8-6-16-9-11-22-21-19(16)10-12-23-21)7-5-15-3-1-2-4-18(15)20-13-26-14-24-20/h1-4,9-14H,5-8H2,(H,22,23). The molecule has 3 heterocycles. The SMILES string of the molecule is O=C(CCc1ccccc1-c1cscn1)CCc1ccnc2[nH]ccc12. The summed E-state index contributed by atoms with van der Waals surface area (Å²) in [5.74, 6) is 0.290. The van der Waals surface area contributed by atoms with E-state index in [9.17, 15) is 4.79 Å². The molecule has 0 atom stereocenters. The molecule has 130 valence electrons. The molecule has 0 aliphatic carbocycles. The van der Waals surface area contributed by atoms with E-state index in [-0.39, 0.29) is 0 Å². The Balaban J connectivity index is 1.39. The fraction of sp³-hybridized carbons (Fsp3) is 0.190. The van der Waals surface area contributed by atoms with Crippen molar-refractivity contribution in [2.75, 3.05) is 0 Å². The molecule has 0 aliphatic heterocycles. The van der Waals surface area contributed by atoms with Gasteiger partial charge in [0, 0.05) is 41.6 Å². The lowest BCUT2D eigenvalue weighted by molar-refractivity contribution is -0.119. The van der Waals surface area contributed by atoms with Gasteiger partial charge in [-0.25, -0.2) is 9.97 Å². The van der Waals surface area contributed by atoms with Crippen molar-refractivity contribution >= 4 is 28.2 Å². The van der Waals surface area contributed by atoms with Crippen molar-refractivity contribution in [3.63, 3.8) is 0 Å². The van der Waals surface area contributed by atoms with Gasteiger partial charge >= 0.3 is 0 Å². The number of hydrogen-bond acceptors (Lipinski definition) is 4. The number of thiazole rings is 1. The van der Waals surface area contributed by atoms with Gasteiger partial charge in [-0.05, 0) is 36.1 Å². The zero-order valence-corrected chi connectivity index (χ0v) is 15.1. The molecule has 0 unspecified atom stereocenters. The largest absolute Gasteiger partial charge is 0.346 e. The predicted molar refractivity (Wildman–Crippen MR) is 105 cm³/mol. The summed E-state index contributed by atoms with van der Waals surface area (Å²) < 4.78 is 0. The fourth-order valence-corrected chi connectivity index (χ4v) is 3.80. The smallest absolute Gasteiger partial charge is 0.137 e. The molecular formula is C21H19N3OS. The van der Waals surface area contributed by atoms with Crippen LogP contribution in [0, 0.1) is 0 Å². The molecule has 5 heteroatoms. The minimum atomic E-state index is 0.290. The van der Waals surface area contributed by atoms with E-state index in [0.29, 0.717) is 18.6 Å². The number of hydrogen-bond donors (Lipinski definition) is 1. The van der Waals surface area contributed by atoms with E-state index in [0.717, 1.165) is 35.1 Å². The molecule has 3 aromatic heterocycles. The summed E-state index contributed by atoms with van der Waals surface area (Å²) in [5.41, 5.74) is 7.20. The van der Waals surface area contributed by atoms with E-state index in [1.807, 2.05) is 41.4 Å². The number of nitrogens with one attached hydrogen (secondary N) is 1. The second kappa shape index (κ2) is 7.62. The Kier molecular flexibility index (Phi) is 4.88. The van der Waals surface area contributed by atoms with Crippen molar-refractivity contribution in [2.24, 2.45) is 0 Å². The molecule has 0 bridgehead atoms. The number of ketones is 1. The number of rotatable bonds is 7. The molecule has 0 saturated carbocycles. The van der Waals surface area contributed by atoms with Gasteiger partial charge in [-0.1, -0.05) is 24.3 Å². The highest BCUT2D eigenvalue weighted by Crippen LogP contribution is 2.24. The molecule has 4 aromatic rings. The van der Waals surface area contributed by atoms with Gasteiger partial charge in [0.1, 0.15) is 11.4 Å². The first-order valence-electron chi connectivity index (χ1n) is 8.70. The first-order chi connectivity index (χ1) is 12.8. The summed E-state index contributed by atoms with van der Waals surface area (Å²) in [7, 11) is 0. The average Bonchev–Trinajstić information content (AvgIpc) is 3.36. The molecule has 4 nitrogen and oxygen atoms in total. The lowest BCUT2D eigenvalue weighted by Crippen LogP contribution is -2.03. The molecule has 0 aliphatic rings. The fourth-order valence-electron chi connectivity index (χ4n) is 3.24. The Labute approximate surface area is 156 Å². The van der Waals surface area contributed by atoms with E-state index < -0.39 is 0 Å². The lowest BCUT2D eigenvalue weighted by Gasteiger charge is -2.07. The number of fused-ring (bicyclic) bond motifs is 1. The monoisotopic (exact) mass is 361 g/mol. The molecule has 1 aromatic carbocycles. The van der Waals surface area contributed by atoms with Gasteiger partial charge in [0.05, 0.1) is 11.2 Å². The Morgan fingerprint density at radius 2 is 1.85 bits per heavy atom. The molecule has 26 heavy (non-hydrogen) atoms. The van der Waals surface area contributed by atoms with Crippen LogP contribution in [0.3, 0.4) is 0 Å². The first kappa shape index (κ1) is 16.7. The Bertz CT molecular complexity index is 1020. The second-order valence-electron chi connectivity index (χ2n) is 6.28. The van der Waals surface area contributed by atoms with E-state index in [1.165, 1.54) is 11.1 Å². The van der Waals surface area contributed by atoms with Crippen LogP contribution in [0.15, 0.2) is 59.7 Å². The highest BCUT2D eigenvalue weighted by Gasteiger charge is 2.10. The topological polar surface area (TPSA) is 58.6 Å². The molecule has 4 rings (SSSR count). The van der Waals surface area contributed by atoms with E-state index in [4.69, 9.17) is 0 Å². The minimum Gasteiger partial charge on any atom is -0.346 e. The van der Waals surface area contributed by atoms with Gasteiger partial charge in [-0.15, -0.1) is 11.3 Å². The third-order valence-corrected chi connectivity index (χ3v) is 5.21. The number of pyridine rings is 1. The normalized spacial score (nSPS) is 11.1. The number of nitrogens with zero attached hydrogens (tertiary/aromatic N) is 2. The maximum absolute atomic E-state index is 12.4. The van der Waals surface area contributed by atoms with Crippen molar-refractivity contribution in [1.82, 2.24) is 15.0 Å². The number of aromatic nitrogens is 3. The molecule has 0 radical (unpaired) electrons. The maximum Gasteiger partial charge on any atom is 0.137 e. The van der Waals surface area contributed by atoms with Gasteiger partial charge in [-0.2, -0.15) is 0 Å². The van der Waals surface area contributed by atoms with Crippen LogP contribution in [-0.2, 0) is 17.6 Å². The number of aromatic amines is 1. The number of H-pyrrole nitrogens is 1. The predicted octanol–water partition coefficient (Wildman–Crippen LogP) is 4.82. The second-order valence-corrected chi connectivity index (χ2v) is 7.00. The molecule has 1 N–H and O–H groups in total. The summed E-state index contributed by atoms with van der Waals surface area (Å²) in [6, 6.07) is 12.2. The van der Waals surface area contributed by atoms with Gasteiger partial charge in [-0.3, -0.25) is 4.79 Å². The zero-order valence-electron chi connectivity index (χ0n) is 14.3. The third kappa shape index (κ3) is 3.58. The number of carbonyl (C=O) groups is 1. The highest BCUT2D eigenvalue weighted by atomic mass is 32.1. The quantitative estimate of drug-likeness (QED) is 0.513. The summed E-state index contributed by atoms with van der Waals surface area (Å²) in [4.78, 5) is 24.2. The Morgan fingerprint density at radius 3 is 2.69 bits per heavy atom. The van der Waals surface area contributed by atoms with Gasteiger partial charge < -0.3 is 4.98 Å². The number of carbonyl (C=O) groups excluding carboxylic acids is 1. The van der Waals surface area contributed by atoms with Crippen molar-refractivity contribution in [1.29, 1.82) is 0 Å². The maximum atomic E-state index is 12.4. The van der Waals surface area contributed by atoms with Crippen LogP contribution < -0.4 is 0 Å². The van der Waals surface area contributed by atoms with Crippen molar-refractivity contribution in [2.45, 2.75) is 25.7 Å². The number of benzene rings is 1. The van der Waals surface area contributed by atoms with Crippen molar-refractivity contribution < 1.29 is 4.79 Å². The van der Waals surface area contributed by atoms with Crippen LogP contribution in [0.5, 0.6) is 0 Å². The molecule has 0 amide bonds. The average molecular weight is 361 g/mol. The highest BCUT2D eigenvalue weighted by molar-refractivity contribution is 7.07. The molecule has 0 spiro atoms. The van der Waals surface area contributed by atoms with Crippen LogP contribution in [0.4, 0.5) is 0 Å². The first-order valence-corrected chi connectivity index (χ1v) is 9.64. The Morgan fingerprint density at radius 1 is 1.00 bits per heavy atom. The van der Waals surface area contributed by atoms with Crippen molar-refractivity contribution in [3.8, 4) is 11.3 Å². The summed E-state index contributed by atoms with van der Waals surface area (Å²) in [6.07, 6.45) is 6.30. The summed E-state index contributed by atoms with van der Waals surface area (Å²) in [5, 5.41) is 3.15. The van der Waals surface area contributed by atoms with Crippen LogP contribution in [0.1, 0.15) is 24.0 Å². The lowest BCUT2D eigenvalue weighted by atomic mass is 9.98. The van der Waals surface area contributed by atoms with Crippen molar-refractivity contribution in [3.05, 3.63) is 70.8 Å². The van der Waals surface area contributed by atoms with E-state index in [1.54, 1.807) is 17.5 Å². The van der Waals surface area contributed by atoms with Crippen LogP contribution >= 0.6 is 11.3 Å². The van der Waals surface area contributed by atoms with Crippen LogP contribution in [0.2, 0.25) is 0 Å². The minimum absolute atomic E-state index is 0.290. The van der Waals surface area contributed by atoms with Gasteiger partial charge in [0.25, 0.3) is 0 Å². The van der Waals surface area contributed by atoms with Gasteiger partial charge in [0.15, 0.2) is 0 Å². The van der Waals surface area contributed by atoms with E-state index >= 15 is 0 Å². The number of aryl methyl sites for hydroxylation is 2.